The second kappa shape index (κ2) is 5.66. The minimum Gasteiger partial charge on any atom is -0.445 e. The monoisotopic (exact) mass is 345 g/mol. The molecular formula is C17H19N3O3S. The second-order valence-corrected chi connectivity index (χ2v) is 8.05. The van der Waals surface area contributed by atoms with E-state index < -0.39 is 17.5 Å². The fourth-order valence-electron chi connectivity index (χ4n) is 2.47. The van der Waals surface area contributed by atoms with Gasteiger partial charge in [-0.1, -0.05) is 50.3 Å². The zero-order chi connectivity index (χ0) is 17.5. The van der Waals surface area contributed by atoms with E-state index in [0.29, 0.717) is 17.1 Å². The van der Waals surface area contributed by atoms with E-state index in [2.05, 4.69) is 15.5 Å². The van der Waals surface area contributed by atoms with Crippen LogP contribution in [0.4, 0.5) is 5.13 Å². The van der Waals surface area contributed by atoms with Crippen LogP contribution in [0.5, 0.6) is 0 Å². The van der Waals surface area contributed by atoms with Crippen LogP contribution >= 0.6 is 11.3 Å². The van der Waals surface area contributed by atoms with E-state index in [9.17, 15) is 9.59 Å². The van der Waals surface area contributed by atoms with Crippen molar-refractivity contribution in [1.82, 2.24) is 10.2 Å². The van der Waals surface area contributed by atoms with Gasteiger partial charge >= 0.3 is 5.97 Å². The normalized spacial score (nSPS) is 20.2. The van der Waals surface area contributed by atoms with Crippen molar-refractivity contribution in [2.75, 3.05) is 5.32 Å². The van der Waals surface area contributed by atoms with Crippen molar-refractivity contribution in [3.63, 3.8) is 0 Å². The fraction of sp³-hybridized carbons (Fsp3) is 0.412. The van der Waals surface area contributed by atoms with Crippen LogP contribution < -0.4 is 5.32 Å². The quantitative estimate of drug-likeness (QED) is 0.846. The Morgan fingerprint density at radius 1 is 1.29 bits per heavy atom. The lowest BCUT2D eigenvalue weighted by molar-refractivity contribution is -0.134. The van der Waals surface area contributed by atoms with Crippen LogP contribution in [0.15, 0.2) is 24.3 Å². The molecule has 7 heteroatoms. The molecule has 24 heavy (non-hydrogen) atoms. The molecule has 126 valence electrons. The number of hydrogen-bond acceptors (Lipinski definition) is 6. The number of anilines is 1. The third kappa shape index (κ3) is 3.03. The first-order chi connectivity index (χ1) is 11.2. The van der Waals surface area contributed by atoms with Gasteiger partial charge in [0.15, 0.2) is 5.60 Å². The predicted molar refractivity (Wildman–Crippen MR) is 91.2 cm³/mol. The minimum atomic E-state index is -1.26. The number of nitrogens with one attached hydrogen (secondary N) is 1. The molecule has 6 nitrogen and oxygen atoms in total. The molecule has 1 aromatic heterocycles. The van der Waals surface area contributed by atoms with E-state index in [4.69, 9.17) is 4.74 Å². The second-order valence-electron chi connectivity index (χ2n) is 7.07. The third-order valence-electron chi connectivity index (χ3n) is 3.85. The molecule has 0 aliphatic carbocycles. The Balaban J connectivity index is 1.80. The van der Waals surface area contributed by atoms with Gasteiger partial charge in [0, 0.05) is 11.8 Å². The zero-order valence-electron chi connectivity index (χ0n) is 14.0. The Labute approximate surface area is 144 Å². The maximum Gasteiger partial charge on any atom is 0.339 e. The van der Waals surface area contributed by atoms with Crippen LogP contribution in [-0.4, -0.2) is 27.7 Å². The van der Waals surface area contributed by atoms with E-state index in [1.165, 1.54) is 11.3 Å². The maximum absolute atomic E-state index is 12.7. The summed E-state index contributed by atoms with van der Waals surface area (Å²) in [4.78, 5) is 24.8. The van der Waals surface area contributed by atoms with Gasteiger partial charge in [0.2, 0.25) is 5.13 Å². The van der Waals surface area contributed by atoms with Gasteiger partial charge in [-0.25, -0.2) is 4.79 Å². The molecule has 1 N–H and O–H groups in total. The smallest absolute Gasteiger partial charge is 0.339 e. The first-order valence-corrected chi connectivity index (χ1v) is 8.47. The molecule has 0 saturated carbocycles. The van der Waals surface area contributed by atoms with E-state index >= 15 is 0 Å². The molecule has 0 unspecified atom stereocenters. The van der Waals surface area contributed by atoms with Crippen LogP contribution in [0.25, 0.3) is 0 Å². The number of amides is 1. The van der Waals surface area contributed by atoms with Gasteiger partial charge in [0.1, 0.15) is 5.01 Å². The standard InChI is InChI=1S/C17H19N3O3S/c1-16(2,3)14-19-20-15(24-14)18-13(22)17(4)9-10-7-5-6-8-11(10)12(21)23-17/h5-8H,9H2,1-4H3,(H,18,20,22)/t17-/m1/s1. The first kappa shape index (κ1) is 16.6. The summed E-state index contributed by atoms with van der Waals surface area (Å²) in [6.45, 7) is 7.70. The Kier molecular flexibility index (Phi) is 3.91. The highest BCUT2D eigenvalue weighted by Gasteiger charge is 2.43. The molecule has 0 spiro atoms. The molecule has 1 aliphatic rings. The number of ether oxygens (including phenoxy) is 1. The van der Waals surface area contributed by atoms with Gasteiger partial charge in [-0.3, -0.25) is 10.1 Å². The number of benzene rings is 1. The number of carbonyl (C=O) groups excluding carboxylic acids is 2. The zero-order valence-corrected chi connectivity index (χ0v) is 14.9. The number of cyclic esters (lactones) is 1. The number of aromatic nitrogens is 2. The number of esters is 1. The Bertz CT molecular complexity index is 809. The Hall–Kier alpha value is -2.28. The summed E-state index contributed by atoms with van der Waals surface area (Å²) >= 11 is 1.32. The highest BCUT2D eigenvalue weighted by molar-refractivity contribution is 7.15. The molecule has 0 fully saturated rings. The molecular weight excluding hydrogens is 326 g/mol. The van der Waals surface area contributed by atoms with Crippen LogP contribution in [0, 0.1) is 0 Å². The molecule has 0 saturated heterocycles. The highest BCUT2D eigenvalue weighted by Crippen LogP contribution is 2.31. The number of carbonyl (C=O) groups is 2. The van der Waals surface area contributed by atoms with Crippen LogP contribution in [0.1, 0.15) is 48.6 Å². The Morgan fingerprint density at radius 2 is 2.00 bits per heavy atom. The van der Waals surface area contributed by atoms with Gasteiger partial charge < -0.3 is 4.74 Å². The largest absolute Gasteiger partial charge is 0.445 e. The molecule has 1 atom stereocenters. The summed E-state index contributed by atoms with van der Waals surface area (Å²) < 4.78 is 5.41. The van der Waals surface area contributed by atoms with Crippen LogP contribution in [0.3, 0.4) is 0 Å². The molecule has 1 aliphatic heterocycles. The summed E-state index contributed by atoms with van der Waals surface area (Å²) in [5.41, 5.74) is -0.0902. The fourth-order valence-corrected chi connectivity index (χ4v) is 3.26. The minimum absolute atomic E-state index is 0.138. The summed E-state index contributed by atoms with van der Waals surface area (Å²) in [6.07, 6.45) is 0.325. The molecule has 2 aromatic rings. The molecule has 0 radical (unpaired) electrons. The van der Waals surface area contributed by atoms with Crippen molar-refractivity contribution >= 4 is 28.3 Å². The van der Waals surface area contributed by atoms with Crippen molar-refractivity contribution in [1.29, 1.82) is 0 Å². The summed E-state index contributed by atoms with van der Waals surface area (Å²) in [6, 6.07) is 7.16. The van der Waals surface area contributed by atoms with E-state index in [-0.39, 0.29) is 5.41 Å². The lowest BCUT2D eigenvalue weighted by Crippen LogP contribution is -2.48. The molecule has 1 aromatic carbocycles. The van der Waals surface area contributed by atoms with Gasteiger partial charge in [-0.15, -0.1) is 10.2 Å². The highest BCUT2D eigenvalue weighted by atomic mass is 32.1. The van der Waals surface area contributed by atoms with Crippen LogP contribution in [0.2, 0.25) is 0 Å². The summed E-state index contributed by atoms with van der Waals surface area (Å²) in [7, 11) is 0. The van der Waals surface area contributed by atoms with Gasteiger partial charge in [0.05, 0.1) is 5.56 Å². The van der Waals surface area contributed by atoms with E-state index in [1.807, 2.05) is 32.9 Å². The van der Waals surface area contributed by atoms with E-state index in [0.717, 1.165) is 10.6 Å². The number of hydrogen-bond donors (Lipinski definition) is 1. The van der Waals surface area contributed by atoms with Crippen molar-refractivity contribution in [3.05, 3.63) is 40.4 Å². The van der Waals surface area contributed by atoms with Crippen molar-refractivity contribution in [3.8, 4) is 0 Å². The SMILES string of the molecule is CC(C)(C)c1nnc(NC(=O)[C@@]2(C)Cc3ccccc3C(=O)O2)s1. The predicted octanol–water partition coefficient (Wildman–Crippen LogP) is 2.95. The van der Waals surface area contributed by atoms with Crippen molar-refractivity contribution < 1.29 is 14.3 Å². The van der Waals surface area contributed by atoms with Gasteiger partial charge in [-0.05, 0) is 18.6 Å². The molecule has 1 amide bonds. The lowest BCUT2D eigenvalue weighted by Gasteiger charge is -2.32. The number of fused-ring (bicyclic) bond motifs is 1. The van der Waals surface area contributed by atoms with Crippen molar-refractivity contribution in [2.45, 2.75) is 45.1 Å². The number of nitrogens with zero attached hydrogens (tertiary/aromatic N) is 2. The molecule has 0 bridgehead atoms. The maximum atomic E-state index is 12.7. The molecule has 2 heterocycles. The average molecular weight is 345 g/mol. The summed E-state index contributed by atoms with van der Waals surface area (Å²) in [5.74, 6) is -0.885. The van der Waals surface area contributed by atoms with Gasteiger partial charge in [-0.2, -0.15) is 0 Å². The topological polar surface area (TPSA) is 81.2 Å². The summed E-state index contributed by atoms with van der Waals surface area (Å²) in [5, 5.41) is 12.1. The molecule has 3 rings (SSSR count). The average Bonchev–Trinajstić information content (AvgIpc) is 2.96. The van der Waals surface area contributed by atoms with Crippen LogP contribution in [-0.2, 0) is 21.4 Å². The lowest BCUT2D eigenvalue weighted by atomic mass is 9.89. The third-order valence-corrected chi connectivity index (χ3v) is 5.11. The van der Waals surface area contributed by atoms with Gasteiger partial charge in [0.25, 0.3) is 5.91 Å². The number of rotatable bonds is 2. The Morgan fingerprint density at radius 3 is 2.67 bits per heavy atom. The first-order valence-electron chi connectivity index (χ1n) is 7.66. The van der Waals surface area contributed by atoms with E-state index in [1.54, 1.807) is 19.1 Å². The van der Waals surface area contributed by atoms with Crippen molar-refractivity contribution in [2.24, 2.45) is 0 Å².